The van der Waals surface area contributed by atoms with Crippen molar-refractivity contribution in [2.45, 2.75) is 62.9 Å². The van der Waals surface area contributed by atoms with E-state index in [2.05, 4.69) is 0 Å². The van der Waals surface area contributed by atoms with E-state index in [9.17, 15) is 25.9 Å². The molecular formula is C34H49N3O11S3. The number of benzene rings is 4. The maximum absolute atomic E-state index is 14.4. The predicted octanol–water partition coefficient (Wildman–Crippen LogP) is 4.59. The topological polar surface area (TPSA) is 190 Å². The number of hydrogen-bond acceptors (Lipinski definition) is 12. The van der Waals surface area contributed by atoms with Crippen LogP contribution >= 0.6 is 0 Å². The molecule has 0 aromatic heterocycles. The molecule has 17 heteroatoms. The zero-order valence-corrected chi connectivity index (χ0v) is 32.4. The second-order valence-corrected chi connectivity index (χ2v) is 16.9. The van der Waals surface area contributed by atoms with Crippen LogP contribution in [0.5, 0.6) is 5.75 Å². The quantitative estimate of drug-likeness (QED) is 0.0372. The smallest absolute Gasteiger partial charge is 0.268 e. The van der Waals surface area contributed by atoms with Crippen LogP contribution in [0.4, 0.5) is 5.69 Å². The molecule has 4 rings (SSSR count). The Kier molecular flexibility index (Phi) is 14.5. The average molecular weight is 772 g/mol. The monoisotopic (exact) mass is 771 g/mol. The largest absolute Gasteiger partial charge is 0.593 e. The minimum absolute atomic E-state index is 0.0502. The normalized spacial score (nSPS) is 13.6. The predicted molar refractivity (Wildman–Crippen MR) is 199 cm³/mol. The van der Waals surface area contributed by atoms with E-state index in [1.807, 2.05) is 27.7 Å². The second kappa shape index (κ2) is 18.0. The summed E-state index contributed by atoms with van der Waals surface area (Å²) in [5.74, 6) is -0.390. The van der Waals surface area contributed by atoms with Gasteiger partial charge in [0.05, 0.1) is 16.3 Å². The van der Waals surface area contributed by atoms with E-state index in [1.54, 1.807) is 41.7 Å². The highest BCUT2D eigenvalue weighted by molar-refractivity contribution is 7.90. The van der Waals surface area contributed by atoms with Crippen LogP contribution in [0, 0.1) is 0 Å². The fourth-order valence-corrected chi connectivity index (χ4v) is 8.89. The van der Waals surface area contributed by atoms with E-state index in [0.717, 1.165) is 0 Å². The number of nitrogens with zero attached hydrogens (tertiary/aromatic N) is 2. The van der Waals surface area contributed by atoms with E-state index in [-0.39, 0.29) is 35.1 Å². The number of nitrogens with two attached hydrogens (primary N) is 1. The van der Waals surface area contributed by atoms with E-state index in [0.29, 0.717) is 77.4 Å². The number of sulfonamides is 1. The highest BCUT2D eigenvalue weighted by Crippen LogP contribution is 2.45. The molecule has 0 saturated heterocycles. The molecule has 51 heavy (non-hydrogen) atoms. The van der Waals surface area contributed by atoms with Crippen LogP contribution in [0.2, 0.25) is 0 Å². The first-order valence-electron chi connectivity index (χ1n) is 16.9. The average Bonchev–Trinajstić information content (AvgIpc) is 3.08. The lowest BCUT2D eigenvalue weighted by atomic mass is 9.93. The molecule has 0 aliphatic carbocycles. The van der Waals surface area contributed by atoms with E-state index in [1.165, 1.54) is 17.4 Å². The summed E-state index contributed by atoms with van der Waals surface area (Å²) in [5.41, 5.74) is 6.79. The highest BCUT2D eigenvalue weighted by Gasteiger charge is 2.32. The van der Waals surface area contributed by atoms with Crippen LogP contribution in [-0.2, 0) is 50.5 Å². The van der Waals surface area contributed by atoms with Gasteiger partial charge in [0.1, 0.15) is 18.1 Å². The fourth-order valence-electron chi connectivity index (χ4n) is 5.94. The molecule has 0 aliphatic heterocycles. The van der Waals surface area contributed by atoms with Crippen LogP contribution in [0.1, 0.15) is 40.5 Å². The Balaban J connectivity index is 1.90. The summed E-state index contributed by atoms with van der Waals surface area (Å²) < 4.78 is 107. The minimum atomic E-state index is -4.29. The van der Waals surface area contributed by atoms with Gasteiger partial charge in [-0.25, -0.2) is 12.7 Å². The third kappa shape index (κ3) is 9.71. The molecular weight excluding hydrogens is 723 g/mol. The molecule has 0 saturated carbocycles. The number of rotatable bonds is 22. The van der Waals surface area contributed by atoms with Crippen LogP contribution in [0.25, 0.3) is 32.3 Å². The molecule has 284 valence electrons. The van der Waals surface area contributed by atoms with Gasteiger partial charge < -0.3 is 34.0 Å². The minimum Gasteiger partial charge on any atom is -0.593 e. The van der Waals surface area contributed by atoms with Crippen molar-refractivity contribution in [1.82, 2.24) is 8.61 Å². The summed E-state index contributed by atoms with van der Waals surface area (Å²) in [6.45, 7) is 9.15. The maximum Gasteiger partial charge on any atom is 0.268 e. The van der Waals surface area contributed by atoms with Gasteiger partial charge in [-0.1, -0.05) is 12.1 Å². The van der Waals surface area contributed by atoms with Crippen molar-refractivity contribution in [2.24, 2.45) is 0 Å². The highest BCUT2D eigenvalue weighted by atomic mass is 32.2. The molecule has 0 aliphatic rings. The number of anilines is 1. The molecule has 1 atom stereocenters. The lowest BCUT2D eigenvalue weighted by Gasteiger charge is -2.26. The van der Waals surface area contributed by atoms with E-state index in [4.69, 9.17) is 29.4 Å². The Morgan fingerprint density at radius 3 is 1.86 bits per heavy atom. The van der Waals surface area contributed by atoms with Gasteiger partial charge in [-0.05, 0) is 39.8 Å². The van der Waals surface area contributed by atoms with Gasteiger partial charge in [0.15, 0.2) is 17.5 Å². The van der Waals surface area contributed by atoms with Crippen molar-refractivity contribution < 1.29 is 49.6 Å². The number of nitrogen functional groups attached to an aromatic ring is 1. The summed E-state index contributed by atoms with van der Waals surface area (Å²) >= 11 is -1.84. The van der Waals surface area contributed by atoms with Gasteiger partial charge in [0, 0.05) is 117 Å². The van der Waals surface area contributed by atoms with Crippen LogP contribution in [-0.4, -0.2) is 113 Å². The summed E-state index contributed by atoms with van der Waals surface area (Å²) in [5, 5.41) is 3.13. The summed E-state index contributed by atoms with van der Waals surface area (Å²) in [6, 6.07) is 9.94. The molecule has 3 N–H and O–H groups in total. The van der Waals surface area contributed by atoms with Crippen molar-refractivity contribution in [3.8, 4) is 5.75 Å². The Bertz CT molecular complexity index is 1970. The lowest BCUT2D eigenvalue weighted by Crippen LogP contribution is -2.33. The Morgan fingerprint density at radius 1 is 0.784 bits per heavy atom. The first kappa shape index (κ1) is 41.2. The standard InChI is InChI=1S/C34H49N3O11S3/c1-7-44-31(45-8-2)15-17-36(5)49(38)29-22-30(51(42,43)37(6)18-16-32(46-9-3)47-10-4)26-14-12-24-28(48-19-20-50(39,40)41)21-27(35)23-11-13-25(29)34(26)33(23)24/h11-14,21-22,31-32H,7-10,15-20,35H2,1-6H3,(H,39,40,41). The fraction of sp³-hybridized carbons (Fsp3) is 0.529. The molecule has 1 unspecified atom stereocenters. The van der Waals surface area contributed by atoms with Crippen molar-refractivity contribution >= 4 is 69.5 Å². The first-order chi connectivity index (χ1) is 24.2. The molecule has 0 fully saturated rings. The third-order valence-electron chi connectivity index (χ3n) is 8.34. The van der Waals surface area contributed by atoms with Crippen LogP contribution in [0.15, 0.2) is 46.2 Å². The van der Waals surface area contributed by atoms with Crippen molar-refractivity contribution in [3.05, 3.63) is 36.4 Å². The molecule has 0 spiro atoms. The van der Waals surface area contributed by atoms with Gasteiger partial charge in [-0.2, -0.15) is 8.42 Å². The summed E-state index contributed by atoms with van der Waals surface area (Å²) in [4.78, 5) is 0.222. The van der Waals surface area contributed by atoms with Gasteiger partial charge in [0.2, 0.25) is 10.0 Å². The van der Waals surface area contributed by atoms with Crippen LogP contribution in [0.3, 0.4) is 0 Å². The van der Waals surface area contributed by atoms with Crippen molar-refractivity contribution in [2.75, 3.05) is 71.7 Å². The van der Waals surface area contributed by atoms with E-state index < -0.39 is 49.8 Å². The molecule has 0 heterocycles. The Hall–Kier alpha value is -2.55. The Labute approximate surface area is 303 Å². The second-order valence-electron chi connectivity index (χ2n) is 11.7. The Morgan fingerprint density at radius 2 is 1.29 bits per heavy atom. The van der Waals surface area contributed by atoms with Crippen molar-refractivity contribution in [1.29, 1.82) is 0 Å². The zero-order chi connectivity index (χ0) is 37.5. The first-order valence-corrected chi connectivity index (χ1v) is 21.0. The molecule has 4 aromatic rings. The number of ether oxygens (including phenoxy) is 5. The lowest BCUT2D eigenvalue weighted by molar-refractivity contribution is -0.140. The van der Waals surface area contributed by atoms with Crippen molar-refractivity contribution in [3.63, 3.8) is 0 Å². The summed E-state index contributed by atoms with van der Waals surface area (Å²) in [7, 11) is -5.32. The van der Waals surface area contributed by atoms with Gasteiger partial charge in [0.25, 0.3) is 10.1 Å². The molecule has 0 amide bonds. The molecule has 0 bridgehead atoms. The SMILES string of the molecule is CCOC(CCN(C)[S+]([O-])c1cc(S(=O)(=O)N(C)CCC(OCC)OCC)c2ccc3c(OCCS(=O)(=O)O)cc(N)c4ccc1c2c43)OCC. The molecule has 14 nitrogen and oxygen atoms in total. The van der Waals surface area contributed by atoms with E-state index >= 15 is 0 Å². The van der Waals surface area contributed by atoms with Gasteiger partial charge in [-0.3, -0.25) is 4.55 Å². The molecule has 4 aromatic carbocycles. The zero-order valence-electron chi connectivity index (χ0n) is 29.9. The molecule has 0 radical (unpaired) electrons. The third-order valence-corrected chi connectivity index (χ3v) is 12.4. The van der Waals surface area contributed by atoms with Gasteiger partial charge in [-0.15, -0.1) is 4.31 Å². The number of hydrogen-bond donors (Lipinski definition) is 2. The maximum atomic E-state index is 14.4. The van der Waals surface area contributed by atoms with Gasteiger partial charge >= 0.3 is 0 Å². The summed E-state index contributed by atoms with van der Waals surface area (Å²) in [6.07, 6.45) is -0.377. The van der Waals surface area contributed by atoms with Crippen LogP contribution < -0.4 is 10.5 Å².